The first kappa shape index (κ1) is 13.7. The van der Waals surface area contributed by atoms with E-state index in [2.05, 4.69) is 31.4 Å². The number of aromatic nitrogens is 1. The van der Waals surface area contributed by atoms with E-state index in [0.29, 0.717) is 0 Å². The molecule has 1 unspecified atom stereocenters. The van der Waals surface area contributed by atoms with Crippen molar-refractivity contribution < 1.29 is 5.11 Å². The van der Waals surface area contributed by atoms with Crippen LogP contribution in [0.4, 0.5) is 0 Å². The predicted molar refractivity (Wildman–Crippen MR) is 80.1 cm³/mol. The smallest absolute Gasteiger partial charge is 0.122 e. The summed E-state index contributed by atoms with van der Waals surface area (Å²) in [5.41, 5.74) is 5.83. The Labute approximate surface area is 114 Å². The summed E-state index contributed by atoms with van der Waals surface area (Å²) >= 11 is 0. The maximum absolute atomic E-state index is 10.5. The van der Waals surface area contributed by atoms with Gasteiger partial charge in [0, 0.05) is 18.1 Å². The Morgan fingerprint density at radius 2 is 2.16 bits per heavy atom. The molecule has 0 saturated heterocycles. The normalized spacial score (nSPS) is 12.4. The summed E-state index contributed by atoms with van der Waals surface area (Å²) in [5, 5.41) is 11.7. The lowest BCUT2D eigenvalue weighted by Crippen LogP contribution is -2.06. The van der Waals surface area contributed by atoms with Crippen LogP contribution in [0.15, 0.2) is 48.2 Å². The summed E-state index contributed by atoms with van der Waals surface area (Å²) in [6.07, 6.45) is 2.40. The van der Waals surface area contributed by atoms with E-state index in [1.54, 1.807) is 0 Å². The van der Waals surface area contributed by atoms with Crippen molar-refractivity contribution in [1.82, 2.24) is 4.57 Å². The molecule has 1 atom stereocenters. The van der Waals surface area contributed by atoms with E-state index in [1.165, 1.54) is 0 Å². The monoisotopic (exact) mass is 255 g/mol. The Morgan fingerprint density at radius 1 is 1.42 bits per heavy atom. The third-order valence-electron chi connectivity index (χ3n) is 3.63. The zero-order valence-corrected chi connectivity index (χ0v) is 11.7. The van der Waals surface area contributed by atoms with Gasteiger partial charge >= 0.3 is 0 Å². The molecule has 2 rings (SSSR count). The van der Waals surface area contributed by atoms with Gasteiger partial charge in [0.1, 0.15) is 6.10 Å². The molecular weight excluding hydrogens is 234 g/mol. The second kappa shape index (κ2) is 5.92. The van der Waals surface area contributed by atoms with Crippen molar-refractivity contribution in [1.29, 1.82) is 0 Å². The summed E-state index contributed by atoms with van der Waals surface area (Å²) < 4.78 is 2.04. The number of benzene rings is 1. The SMILES string of the molecule is C=C=C(CCCC)C(O)c1cc2ccccc2n1C. The second-order valence-electron chi connectivity index (χ2n) is 4.90. The largest absolute Gasteiger partial charge is 0.382 e. The average molecular weight is 255 g/mol. The minimum Gasteiger partial charge on any atom is -0.382 e. The van der Waals surface area contributed by atoms with Gasteiger partial charge in [0.15, 0.2) is 0 Å². The van der Waals surface area contributed by atoms with Crippen LogP contribution >= 0.6 is 0 Å². The Hall–Kier alpha value is -1.76. The van der Waals surface area contributed by atoms with Crippen molar-refractivity contribution in [2.75, 3.05) is 0 Å². The summed E-state index contributed by atoms with van der Waals surface area (Å²) in [6.45, 7) is 5.86. The third kappa shape index (κ3) is 2.65. The number of aliphatic hydroxyl groups is 1. The van der Waals surface area contributed by atoms with Gasteiger partial charge in [-0.05, 0) is 30.4 Å². The highest BCUT2D eigenvalue weighted by Gasteiger charge is 2.17. The van der Waals surface area contributed by atoms with Crippen LogP contribution in [0.25, 0.3) is 10.9 Å². The minimum atomic E-state index is -0.610. The van der Waals surface area contributed by atoms with E-state index in [-0.39, 0.29) is 0 Å². The third-order valence-corrected chi connectivity index (χ3v) is 3.63. The van der Waals surface area contributed by atoms with E-state index >= 15 is 0 Å². The summed E-state index contributed by atoms with van der Waals surface area (Å²) in [4.78, 5) is 0. The molecule has 0 aliphatic rings. The molecule has 0 fully saturated rings. The maximum Gasteiger partial charge on any atom is 0.122 e. The lowest BCUT2D eigenvalue weighted by atomic mass is 10.0. The van der Waals surface area contributed by atoms with Crippen molar-refractivity contribution in [2.45, 2.75) is 32.3 Å². The molecule has 0 amide bonds. The number of fused-ring (bicyclic) bond motifs is 1. The second-order valence-corrected chi connectivity index (χ2v) is 4.90. The molecule has 1 heterocycles. The highest BCUT2D eigenvalue weighted by molar-refractivity contribution is 5.81. The zero-order chi connectivity index (χ0) is 13.8. The molecule has 0 bridgehead atoms. The summed E-state index contributed by atoms with van der Waals surface area (Å²) in [7, 11) is 1.99. The lowest BCUT2D eigenvalue weighted by molar-refractivity contribution is 0.203. The Balaban J connectivity index is 2.38. The fourth-order valence-corrected chi connectivity index (χ4v) is 2.44. The highest BCUT2D eigenvalue weighted by atomic mass is 16.3. The van der Waals surface area contributed by atoms with Crippen LogP contribution in [0, 0.1) is 0 Å². The molecule has 0 saturated carbocycles. The molecule has 0 radical (unpaired) electrons. The quantitative estimate of drug-likeness (QED) is 0.799. The van der Waals surface area contributed by atoms with Crippen LogP contribution in [-0.4, -0.2) is 9.67 Å². The molecule has 2 heteroatoms. The number of rotatable bonds is 5. The molecule has 2 nitrogen and oxygen atoms in total. The van der Waals surface area contributed by atoms with Crippen molar-refractivity contribution in [3.63, 3.8) is 0 Å². The standard InChI is InChI=1S/C17H21NO/c1-4-6-9-13(5-2)17(19)16-12-14-10-7-8-11-15(14)18(16)3/h7-8,10-12,17,19H,2,4,6,9H2,1,3H3. The van der Waals surface area contributed by atoms with Gasteiger partial charge in [0.2, 0.25) is 0 Å². The molecule has 0 aliphatic heterocycles. The highest BCUT2D eigenvalue weighted by Crippen LogP contribution is 2.29. The van der Waals surface area contributed by atoms with Gasteiger partial charge in [-0.2, -0.15) is 0 Å². The Kier molecular flexibility index (Phi) is 4.26. The fraction of sp³-hybridized carbons (Fsp3) is 0.353. The minimum absolute atomic E-state index is 0.610. The fourth-order valence-electron chi connectivity index (χ4n) is 2.44. The molecule has 1 N–H and O–H groups in total. The van der Waals surface area contributed by atoms with Gasteiger partial charge in [0.25, 0.3) is 0 Å². The number of hydrogen-bond acceptors (Lipinski definition) is 1. The Morgan fingerprint density at radius 3 is 2.79 bits per heavy atom. The first-order valence-corrected chi connectivity index (χ1v) is 6.80. The number of aryl methyl sites for hydroxylation is 1. The molecule has 19 heavy (non-hydrogen) atoms. The van der Waals surface area contributed by atoms with Crippen LogP contribution in [0.3, 0.4) is 0 Å². The van der Waals surface area contributed by atoms with Gasteiger partial charge in [-0.1, -0.05) is 38.1 Å². The first-order valence-electron chi connectivity index (χ1n) is 6.80. The number of aliphatic hydroxyl groups excluding tert-OH is 1. The van der Waals surface area contributed by atoms with E-state index in [0.717, 1.165) is 41.4 Å². The number of para-hydroxylation sites is 1. The van der Waals surface area contributed by atoms with Crippen molar-refractivity contribution >= 4 is 10.9 Å². The number of hydrogen-bond donors (Lipinski definition) is 1. The molecule has 1 aromatic heterocycles. The van der Waals surface area contributed by atoms with Crippen LogP contribution in [0.5, 0.6) is 0 Å². The average Bonchev–Trinajstić information content (AvgIpc) is 2.77. The van der Waals surface area contributed by atoms with Crippen LogP contribution in [0.1, 0.15) is 38.0 Å². The number of nitrogens with zero attached hydrogens (tertiary/aromatic N) is 1. The first-order chi connectivity index (χ1) is 9.19. The molecular formula is C17H21NO. The van der Waals surface area contributed by atoms with E-state index in [9.17, 15) is 5.11 Å². The van der Waals surface area contributed by atoms with Crippen LogP contribution < -0.4 is 0 Å². The van der Waals surface area contributed by atoms with E-state index in [4.69, 9.17) is 0 Å². The van der Waals surface area contributed by atoms with Gasteiger partial charge in [-0.15, -0.1) is 5.73 Å². The van der Waals surface area contributed by atoms with Gasteiger partial charge < -0.3 is 9.67 Å². The summed E-state index contributed by atoms with van der Waals surface area (Å²) in [6, 6.07) is 10.2. The predicted octanol–water partition coefficient (Wildman–Crippen LogP) is 4.11. The number of unbranched alkanes of at least 4 members (excludes halogenated alkanes) is 1. The van der Waals surface area contributed by atoms with Crippen molar-refractivity contribution in [3.05, 3.63) is 53.9 Å². The maximum atomic E-state index is 10.5. The topological polar surface area (TPSA) is 25.2 Å². The molecule has 0 aliphatic carbocycles. The molecule has 0 spiro atoms. The van der Waals surface area contributed by atoms with Gasteiger partial charge in [-0.25, -0.2) is 0 Å². The van der Waals surface area contributed by atoms with Gasteiger partial charge in [0.05, 0.1) is 5.69 Å². The molecule has 1 aromatic carbocycles. The Bertz CT molecular complexity index is 617. The molecule has 100 valence electrons. The van der Waals surface area contributed by atoms with Crippen LogP contribution in [-0.2, 0) is 7.05 Å². The lowest BCUT2D eigenvalue weighted by Gasteiger charge is -2.14. The van der Waals surface area contributed by atoms with E-state index in [1.807, 2.05) is 29.8 Å². The zero-order valence-electron chi connectivity index (χ0n) is 11.7. The molecule has 2 aromatic rings. The van der Waals surface area contributed by atoms with Crippen LogP contribution in [0.2, 0.25) is 0 Å². The van der Waals surface area contributed by atoms with Crippen molar-refractivity contribution in [3.8, 4) is 0 Å². The van der Waals surface area contributed by atoms with Crippen molar-refractivity contribution in [2.24, 2.45) is 7.05 Å². The van der Waals surface area contributed by atoms with E-state index < -0.39 is 6.10 Å². The summed E-state index contributed by atoms with van der Waals surface area (Å²) in [5.74, 6) is 0. The van der Waals surface area contributed by atoms with Gasteiger partial charge in [-0.3, -0.25) is 0 Å².